The predicted molar refractivity (Wildman–Crippen MR) is 42.6 cm³/mol. The average molecular weight is 185 g/mol. The highest BCUT2D eigenvalue weighted by molar-refractivity contribution is 8.69. The van der Waals surface area contributed by atoms with Crippen molar-refractivity contribution in [3.8, 4) is 0 Å². The third-order valence-electron chi connectivity index (χ3n) is 0.761. The predicted octanol–water partition coefficient (Wildman–Crippen LogP) is 0.132. The van der Waals surface area contributed by atoms with Crippen LogP contribution < -0.4 is 5.32 Å². The van der Waals surface area contributed by atoms with Crippen LogP contribution in [0.4, 0.5) is 0 Å². The minimum absolute atomic E-state index is 0.382. The second kappa shape index (κ2) is 4.95. The fraction of sp³-hybridized carbons (Fsp3) is 1.00. The Morgan fingerprint density at radius 2 is 2.20 bits per heavy atom. The van der Waals surface area contributed by atoms with E-state index in [0.29, 0.717) is 23.1 Å². The van der Waals surface area contributed by atoms with Gasteiger partial charge in [0.05, 0.1) is 0 Å². The van der Waals surface area contributed by atoms with E-state index in [1.807, 2.05) is 6.92 Å². The first-order chi connectivity index (χ1) is 4.56. The van der Waals surface area contributed by atoms with Crippen molar-refractivity contribution in [3.05, 3.63) is 0 Å². The van der Waals surface area contributed by atoms with Gasteiger partial charge in [-0.3, -0.25) is 4.55 Å². The van der Waals surface area contributed by atoms with Gasteiger partial charge in [-0.25, -0.2) is 0 Å². The van der Waals surface area contributed by atoms with Crippen molar-refractivity contribution in [3.63, 3.8) is 0 Å². The Morgan fingerprint density at radius 3 is 2.60 bits per heavy atom. The molecule has 0 heterocycles. The molecule has 0 bridgehead atoms. The van der Waals surface area contributed by atoms with Crippen molar-refractivity contribution in [2.24, 2.45) is 0 Å². The molecule has 0 aromatic rings. The quantitative estimate of drug-likeness (QED) is 0.362. The molecule has 0 aliphatic carbocycles. The van der Waals surface area contributed by atoms with Gasteiger partial charge >= 0.3 is 9.15 Å². The maximum Gasteiger partial charge on any atom is 0.319 e. The molecule has 0 saturated heterocycles. The summed E-state index contributed by atoms with van der Waals surface area (Å²) in [6.07, 6.45) is 0. The van der Waals surface area contributed by atoms with E-state index in [4.69, 9.17) is 4.55 Å². The zero-order chi connectivity index (χ0) is 8.04. The van der Waals surface area contributed by atoms with Gasteiger partial charge in [-0.1, -0.05) is 6.92 Å². The lowest BCUT2D eigenvalue weighted by Gasteiger charge is -1.97. The second-order valence-electron chi connectivity index (χ2n) is 1.60. The first-order valence-corrected chi connectivity index (χ1v) is 5.83. The molecule has 0 aliphatic rings. The Morgan fingerprint density at radius 1 is 1.60 bits per heavy atom. The molecule has 0 radical (unpaired) electrons. The molecule has 4 nitrogen and oxygen atoms in total. The molecule has 0 saturated carbocycles. The standard InChI is InChI=1S/C4H11NO3S2/c1-2-5-3-4-9-10(6,7)8/h5H,2-4H2,1H3,(H,6,7,8). The molecule has 2 N–H and O–H groups in total. The highest BCUT2D eigenvalue weighted by atomic mass is 33.1. The molecule has 0 spiro atoms. The van der Waals surface area contributed by atoms with Gasteiger partial charge in [0, 0.05) is 12.3 Å². The highest BCUT2D eigenvalue weighted by Gasteiger charge is 2.02. The van der Waals surface area contributed by atoms with Crippen LogP contribution in [0.5, 0.6) is 0 Å². The van der Waals surface area contributed by atoms with Crippen LogP contribution >= 0.6 is 10.8 Å². The molecule has 0 rings (SSSR count). The van der Waals surface area contributed by atoms with Crippen LogP contribution in [0.25, 0.3) is 0 Å². The fourth-order valence-corrected chi connectivity index (χ4v) is 1.72. The van der Waals surface area contributed by atoms with Gasteiger partial charge in [0.1, 0.15) is 0 Å². The summed E-state index contributed by atoms with van der Waals surface area (Å²) in [7, 11) is -3.29. The van der Waals surface area contributed by atoms with Crippen LogP contribution in [0.15, 0.2) is 0 Å². The third kappa shape index (κ3) is 8.22. The van der Waals surface area contributed by atoms with E-state index >= 15 is 0 Å². The topological polar surface area (TPSA) is 66.4 Å². The van der Waals surface area contributed by atoms with Gasteiger partial charge in [0.25, 0.3) is 0 Å². The summed E-state index contributed by atoms with van der Waals surface area (Å²) in [5.74, 6) is 0.382. The van der Waals surface area contributed by atoms with Crippen LogP contribution in [-0.4, -0.2) is 31.8 Å². The lowest BCUT2D eigenvalue weighted by molar-refractivity contribution is 0.503. The maximum atomic E-state index is 10.1. The van der Waals surface area contributed by atoms with E-state index in [-0.39, 0.29) is 0 Å². The van der Waals surface area contributed by atoms with Crippen LogP contribution in [-0.2, 0) is 9.15 Å². The summed E-state index contributed by atoms with van der Waals surface area (Å²) in [5.41, 5.74) is 0. The lowest BCUT2D eigenvalue weighted by Crippen LogP contribution is -2.16. The van der Waals surface area contributed by atoms with E-state index in [9.17, 15) is 8.42 Å². The number of hydrogen-bond donors (Lipinski definition) is 2. The van der Waals surface area contributed by atoms with Crippen LogP contribution in [0.2, 0.25) is 0 Å². The van der Waals surface area contributed by atoms with Crippen LogP contribution in [0.1, 0.15) is 6.92 Å². The molecule has 0 unspecified atom stereocenters. The Bertz CT molecular complexity index is 165. The monoisotopic (exact) mass is 185 g/mol. The first kappa shape index (κ1) is 10.2. The molecule has 0 fully saturated rings. The summed E-state index contributed by atoms with van der Waals surface area (Å²) >= 11 is 0. The van der Waals surface area contributed by atoms with Gasteiger partial charge in [0.15, 0.2) is 0 Å². The molecular weight excluding hydrogens is 174 g/mol. The Balaban J connectivity index is 3.21. The van der Waals surface area contributed by atoms with Gasteiger partial charge < -0.3 is 5.32 Å². The van der Waals surface area contributed by atoms with E-state index < -0.39 is 9.15 Å². The van der Waals surface area contributed by atoms with E-state index in [1.165, 1.54) is 0 Å². The highest BCUT2D eigenvalue weighted by Crippen LogP contribution is 2.06. The molecule has 0 aliphatic heterocycles. The van der Waals surface area contributed by atoms with Gasteiger partial charge in [-0.05, 0) is 17.3 Å². The van der Waals surface area contributed by atoms with E-state index in [1.54, 1.807) is 0 Å². The lowest BCUT2D eigenvalue weighted by atomic mass is 10.7. The summed E-state index contributed by atoms with van der Waals surface area (Å²) < 4.78 is 28.4. The molecule has 0 atom stereocenters. The van der Waals surface area contributed by atoms with Gasteiger partial charge in [-0.2, -0.15) is 8.42 Å². The number of nitrogens with one attached hydrogen (secondary N) is 1. The van der Waals surface area contributed by atoms with Crippen molar-refractivity contribution in [1.29, 1.82) is 0 Å². The van der Waals surface area contributed by atoms with Crippen molar-refractivity contribution >= 4 is 19.9 Å². The number of rotatable bonds is 5. The second-order valence-corrected chi connectivity index (χ2v) is 5.07. The van der Waals surface area contributed by atoms with Crippen molar-refractivity contribution in [2.75, 3.05) is 18.8 Å². The van der Waals surface area contributed by atoms with Gasteiger partial charge in [0.2, 0.25) is 0 Å². The van der Waals surface area contributed by atoms with E-state index in [0.717, 1.165) is 6.54 Å². The summed E-state index contributed by atoms with van der Waals surface area (Å²) in [5, 5.41) is 2.92. The Kier molecular flexibility index (Phi) is 5.06. The smallest absolute Gasteiger partial charge is 0.316 e. The largest absolute Gasteiger partial charge is 0.319 e. The minimum atomic E-state index is -3.83. The third-order valence-corrected chi connectivity index (χ3v) is 2.82. The average Bonchev–Trinajstić information content (AvgIpc) is 1.78. The maximum absolute atomic E-state index is 10.1. The zero-order valence-electron chi connectivity index (χ0n) is 5.70. The summed E-state index contributed by atoms with van der Waals surface area (Å²) in [6, 6.07) is 0. The van der Waals surface area contributed by atoms with Gasteiger partial charge in [-0.15, -0.1) is 0 Å². The molecule has 0 aromatic heterocycles. The molecule has 0 amide bonds. The molecule has 10 heavy (non-hydrogen) atoms. The van der Waals surface area contributed by atoms with Crippen LogP contribution in [0.3, 0.4) is 0 Å². The normalized spacial score (nSPS) is 11.8. The SMILES string of the molecule is CCNCCSS(=O)(=O)O. The fourth-order valence-electron chi connectivity index (χ4n) is 0.396. The van der Waals surface area contributed by atoms with E-state index in [2.05, 4.69) is 5.32 Å². The Labute approximate surface area is 64.5 Å². The van der Waals surface area contributed by atoms with Crippen molar-refractivity contribution in [1.82, 2.24) is 5.32 Å². The molecule has 62 valence electrons. The summed E-state index contributed by atoms with van der Waals surface area (Å²) in [6.45, 7) is 3.34. The minimum Gasteiger partial charge on any atom is -0.316 e. The summed E-state index contributed by atoms with van der Waals surface area (Å²) in [4.78, 5) is 0. The molecule has 6 heteroatoms. The Hall–Kier alpha value is 0.220. The van der Waals surface area contributed by atoms with Crippen LogP contribution in [0, 0.1) is 0 Å². The molecular formula is C4H11NO3S2. The van der Waals surface area contributed by atoms with Crippen molar-refractivity contribution < 1.29 is 13.0 Å². The van der Waals surface area contributed by atoms with Crippen molar-refractivity contribution in [2.45, 2.75) is 6.92 Å². The molecule has 0 aromatic carbocycles. The number of hydrogen-bond acceptors (Lipinski definition) is 4. The first-order valence-electron chi connectivity index (χ1n) is 2.89. The zero-order valence-corrected chi connectivity index (χ0v) is 7.33.